The minimum atomic E-state index is -0.0442. The van der Waals surface area contributed by atoms with E-state index in [9.17, 15) is 4.79 Å². The number of ketones is 1. The van der Waals surface area contributed by atoms with Crippen molar-refractivity contribution < 1.29 is 14.3 Å². The van der Waals surface area contributed by atoms with Gasteiger partial charge in [-0.3, -0.25) is 4.79 Å². The number of carbonyl (C=O) groups excluding carboxylic acids is 1. The minimum Gasteiger partial charge on any atom is -0.457 e. The molecule has 0 unspecified atom stereocenters. The number of Topliss-reactive ketones (excluding diaryl/α,β-unsaturated/α-hetero) is 1. The van der Waals surface area contributed by atoms with E-state index in [1.165, 1.54) is 10.6 Å². The van der Waals surface area contributed by atoms with Crippen LogP contribution in [0.2, 0.25) is 0 Å². The molecule has 0 atom stereocenters. The van der Waals surface area contributed by atoms with Crippen LogP contribution in [-0.2, 0) is 11.2 Å². The van der Waals surface area contributed by atoms with Crippen LogP contribution in [0.15, 0.2) is 54.6 Å². The molecule has 31 heavy (non-hydrogen) atoms. The summed E-state index contributed by atoms with van der Waals surface area (Å²) in [6.45, 7) is 7.48. The Morgan fingerprint density at radius 3 is 2.45 bits per heavy atom. The zero-order valence-electron chi connectivity index (χ0n) is 18.0. The summed E-state index contributed by atoms with van der Waals surface area (Å²) in [5.74, 6) is 1.89. The Kier molecular flexibility index (Phi) is 5.32. The van der Waals surface area contributed by atoms with Crippen molar-refractivity contribution in [3.8, 4) is 22.6 Å². The van der Waals surface area contributed by atoms with Crippen molar-refractivity contribution in [2.45, 2.75) is 26.7 Å². The molecule has 5 rings (SSSR count). The molecule has 0 saturated carbocycles. The van der Waals surface area contributed by atoms with Crippen molar-refractivity contribution >= 4 is 22.1 Å². The lowest BCUT2D eigenvalue weighted by molar-refractivity contribution is 0.0918. The fraction of sp³-hybridized carbons (Fsp3) is 0.346. The molecule has 0 amide bonds. The summed E-state index contributed by atoms with van der Waals surface area (Å²) in [6.07, 6.45) is 1.49. The van der Waals surface area contributed by atoms with Gasteiger partial charge in [0.15, 0.2) is 5.78 Å². The molecule has 1 fully saturated rings. The maximum absolute atomic E-state index is 13.1. The number of ether oxygens (including phenoxy) is 2. The first-order valence-electron chi connectivity index (χ1n) is 10.9. The number of carbonyl (C=O) groups is 1. The summed E-state index contributed by atoms with van der Waals surface area (Å²) in [5.41, 5.74) is 3.35. The summed E-state index contributed by atoms with van der Waals surface area (Å²) in [5, 5.41) is 1.17. The van der Waals surface area contributed by atoms with Crippen molar-refractivity contribution in [3.05, 3.63) is 65.0 Å². The number of hydrogen-bond acceptors (Lipinski definition) is 5. The predicted molar refractivity (Wildman–Crippen MR) is 126 cm³/mol. The molecular weight excluding hydrogens is 406 g/mol. The summed E-state index contributed by atoms with van der Waals surface area (Å²) in [7, 11) is 0. The number of hydrogen-bond donors (Lipinski definition) is 0. The molecule has 0 radical (unpaired) electrons. The second kappa shape index (κ2) is 8.13. The van der Waals surface area contributed by atoms with Crippen molar-refractivity contribution in [2.75, 3.05) is 31.2 Å². The largest absolute Gasteiger partial charge is 0.457 e. The molecule has 160 valence electrons. The number of para-hydroxylation sites is 2. The van der Waals surface area contributed by atoms with Gasteiger partial charge in [0, 0.05) is 30.6 Å². The average Bonchev–Trinajstić information content (AvgIpc) is 3.14. The monoisotopic (exact) mass is 433 g/mol. The maximum Gasteiger partial charge on any atom is 0.173 e. The summed E-state index contributed by atoms with van der Waals surface area (Å²) >= 11 is 1.65. The third-order valence-electron chi connectivity index (χ3n) is 5.96. The van der Waals surface area contributed by atoms with Gasteiger partial charge >= 0.3 is 0 Å². The minimum absolute atomic E-state index is 0.0442. The Morgan fingerprint density at radius 2 is 1.68 bits per heavy atom. The summed E-state index contributed by atoms with van der Waals surface area (Å²) in [6, 6.07) is 18.1. The van der Waals surface area contributed by atoms with E-state index in [0.29, 0.717) is 19.6 Å². The lowest BCUT2D eigenvalue weighted by Gasteiger charge is -2.30. The molecule has 2 heterocycles. The lowest BCUT2D eigenvalue weighted by atomic mass is 9.75. The van der Waals surface area contributed by atoms with E-state index in [1.54, 1.807) is 11.3 Å². The number of benzene rings is 2. The number of thiophene rings is 1. The van der Waals surface area contributed by atoms with Crippen LogP contribution in [0.3, 0.4) is 0 Å². The third kappa shape index (κ3) is 4.00. The fourth-order valence-electron chi connectivity index (χ4n) is 4.55. The molecule has 0 spiro atoms. The highest BCUT2D eigenvalue weighted by atomic mass is 32.1. The standard InChI is InChI=1S/C26H27NO3S/c1-26(2)16-20-23(19-10-6-7-11-22(19)30-18-8-4-3-5-9-18)25(27-12-14-29-15-13-27)31-24(20)21(28)17-26/h3-11H,12-17H2,1-2H3. The first kappa shape index (κ1) is 20.3. The second-order valence-electron chi connectivity index (χ2n) is 9.04. The Hall–Kier alpha value is -2.63. The van der Waals surface area contributed by atoms with Gasteiger partial charge in [0.2, 0.25) is 0 Å². The van der Waals surface area contributed by atoms with E-state index in [-0.39, 0.29) is 11.2 Å². The van der Waals surface area contributed by atoms with E-state index >= 15 is 0 Å². The highest BCUT2D eigenvalue weighted by Crippen LogP contribution is 2.51. The zero-order valence-corrected chi connectivity index (χ0v) is 18.8. The van der Waals surface area contributed by atoms with Gasteiger partial charge in [0.1, 0.15) is 16.5 Å². The number of nitrogens with zero attached hydrogens (tertiary/aromatic N) is 1. The van der Waals surface area contributed by atoms with Gasteiger partial charge in [-0.2, -0.15) is 0 Å². The second-order valence-corrected chi connectivity index (χ2v) is 10.0. The smallest absolute Gasteiger partial charge is 0.173 e. The van der Waals surface area contributed by atoms with Gasteiger partial charge in [-0.15, -0.1) is 11.3 Å². The van der Waals surface area contributed by atoms with Crippen molar-refractivity contribution in [1.82, 2.24) is 0 Å². The number of anilines is 1. The van der Waals surface area contributed by atoms with Crippen LogP contribution in [0.25, 0.3) is 11.1 Å². The Balaban J connectivity index is 1.67. The summed E-state index contributed by atoms with van der Waals surface area (Å²) < 4.78 is 11.9. The van der Waals surface area contributed by atoms with E-state index < -0.39 is 0 Å². The topological polar surface area (TPSA) is 38.8 Å². The first-order valence-corrected chi connectivity index (χ1v) is 11.7. The summed E-state index contributed by atoms with van der Waals surface area (Å²) in [4.78, 5) is 16.4. The molecule has 0 bridgehead atoms. The quantitative estimate of drug-likeness (QED) is 0.491. The molecule has 2 aliphatic rings. The third-order valence-corrected chi connectivity index (χ3v) is 7.30. The van der Waals surface area contributed by atoms with Gasteiger partial charge in [0.05, 0.1) is 18.1 Å². The van der Waals surface area contributed by atoms with E-state index in [4.69, 9.17) is 9.47 Å². The van der Waals surface area contributed by atoms with Gasteiger partial charge in [0.25, 0.3) is 0 Å². The van der Waals surface area contributed by atoms with E-state index in [2.05, 4.69) is 30.9 Å². The molecule has 5 heteroatoms. The van der Waals surface area contributed by atoms with Crippen LogP contribution in [0.5, 0.6) is 11.5 Å². The van der Waals surface area contributed by atoms with Gasteiger partial charge in [-0.25, -0.2) is 0 Å². The average molecular weight is 434 g/mol. The Bertz CT molecular complexity index is 1100. The Labute approximate surface area is 187 Å². The lowest BCUT2D eigenvalue weighted by Crippen LogP contribution is -2.36. The van der Waals surface area contributed by atoms with E-state index in [0.717, 1.165) is 47.0 Å². The highest BCUT2D eigenvalue weighted by Gasteiger charge is 2.37. The van der Waals surface area contributed by atoms with Crippen LogP contribution in [0.4, 0.5) is 5.00 Å². The molecule has 4 nitrogen and oxygen atoms in total. The van der Waals surface area contributed by atoms with Crippen LogP contribution < -0.4 is 9.64 Å². The van der Waals surface area contributed by atoms with E-state index in [1.807, 2.05) is 42.5 Å². The number of fused-ring (bicyclic) bond motifs is 1. The first-order chi connectivity index (χ1) is 15.0. The normalized spacial score (nSPS) is 18.0. The van der Waals surface area contributed by atoms with Crippen molar-refractivity contribution in [3.63, 3.8) is 0 Å². The van der Waals surface area contributed by atoms with Gasteiger partial charge in [-0.1, -0.05) is 50.2 Å². The molecule has 1 aromatic heterocycles. The molecule has 0 N–H and O–H groups in total. The van der Waals surface area contributed by atoms with Crippen molar-refractivity contribution in [1.29, 1.82) is 0 Å². The van der Waals surface area contributed by atoms with Crippen molar-refractivity contribution in [2.24, 2.45) is 5.41 Å². The molecule has 2 aromatic carbocycles. The number of rotatable bonds is 4. The number of morpholine rings is 1. The fourth-order valence-corrected chi connectivity index (χ4v) is 5.87. The predicted octanol–water partition coefficient (Wildman–Crippen LogP) is 6.20. The maximum atomic E-state index is 13.1. The molecule has 3 aromatic rings. The molecule has 1 aliphatic heterocycles. The van der Waals surface area contributed by atoms with Crippen LogP contribution in [0.1, 0.15) is 35.5 Å². The highest BCUT2D eigenvalue weighted by molar-refractivity contribution is 7.19. The van der Waals surface area contributed by atoms with Gasteiger partial charge in [-0.05, 0) is 35.6 Å². The Morgan fingerprint density at radius 1 is 0.968 bits per heavy atom. The van der Waals surface area contributed by atoms with Crippen LogP contribution >= 0.6 is 11.3 Å². The molecule has 1 aliphatic carbocycles. The zero-order chi connectivity index (χ0) is 21.4. The molecular formula is C26H27NO3S. The SMILES string of the molecule is CC1(C)CC(=O)c2sc(N3CCOCC3)c(-c3ccccc3Oc3ccccc3)c2C1. The van der Waals surface area contributed by atoms with Crippen LogP contribution in [0, 0.1) is 5.41 Å². The van der Waals surface area contributed by atoms with Crippen LogP contribution in [-0.4, -0.2) is 32.1 Å². The van der Waals surface area contributed by atoms with Gasteiger partial charge < -0.3 is 14.4 Å². The molecule has 1 saturated heterocycles.